The van der Waals surface area contributed by atoms with Gasteiger partial charge in [-0.25, -0.2) is 8.42 Å². The molecule has 3 aliphatic rings. The lowest BCUT2D eigenvalue weighted by atomic mass is 9.72. The fourth-order valence-corrected chi connectivity index (χ4v) is 9.15. The quantitative estimate of drug-likeness (QED) is 0.195. The molecule has 2 unspecified atom stereocenters. The maximum absolute atomic E-state index is 13.1. The monoisotopic (exact) mass is 531 g/mol. The standard InChI is InChI=1S/C28H50ClNO4S/c29-26-13-15-27(16-14-26)35(33,34)20-18-24(7-3-1-2-5-23-6-4-19-30-21-23)25-11-8-22(9-12-25)10-17-28(31)32/h22-27,30H,1-21H2,(H,31,32). The van der Waals surface area contributed by atoms with Crippen molar-refractivity contribution in [3.63, 3.8) is 0 Å². The van der Waals surface area contributed by atoms with Crippen molar-refractivity contribution in [1.82, 2.24) is 5.32 Å². The van der Waals surface area contributed by atoms with Crippen molar-refractivity contribution < 1.29 is 18.3 Å². The van der Waals surface area contributed by atoms with Crippen LogP contribution in [-0.2, 0) is 14.6 Å². The summed E-state index contributed by atoms with van der Waals surface area (Å²) >= 11 is 6.21. The number of alkyl halides is 1. The molecule has 3 fully saturated rings. The molecule has 0 aromatic heterocycles. The van der Waals surface area contributed by atoms with Crippen LogP contribution in [0.15, 0.2) is 0 Å². The number of hydrogen-bond donors (Lipinski definition) is 2. The molecule has 1 saturated heterocycles. The predicted molar refractivity (Wildman–Crippen MR) is 145 cm³/mol. The Morgan fingerprint density at radius 3 is 2.29 bits per heavy atom. The molecule has 204 valence electrons. The van der Waals surface area contributed by atoms with Crippen LogP contribution in [-0.4, -0.2) is 49.0 Å². The van der Waals surface area contributed by atoms with Gasteiger partial charge >= 0.3 is 5.97 Å². The summed E-state index contributed by atoms with van der Waals surface area (Å²) in [6, 6.07) is 0. The third-order valence-corrected chi connectivity index (χ3v) is 12.0. The van der Waals surface area contributed by atoms with E-state index in [1.54, 1.807) is 0 Å². The van der Waals surface area contributed by atoms with Gasteiger partial charge in [-0.2, -0.15) is 0 Å². The van der Waals surface area contributed by atoms with Crippen LogP contribution in [0.4, 0.5) is 0 Å². The van der Waals surface area contributed by atoms with Crippen molar-refractivity contribution >= 4 is 27.4 Å². The van der Waals surface area contributed by atoms with Crippen LogP contribution in [0.5, 0.6) is 0 Å². The number of rotatable bonds is 14. The van der Waals surface area contributed by atoms with E-state index in [9.17, 15) is 13.2 Å². The second-order valence-electron chi connectivity index (χ2n) is 11.9. The lowest BCUT2D eigenvalue weighted by Gasteiger charge is -2.34. The molecule has 2 saturated carbocycles. The Labute approximate surface area is 219 Å². The highest BCUT2D eigenvalue weighted by molar-refractivity contribution is 7.92. The average molecular weight is 532 g/mol. The number of unbranched alkanes of at least 4 members (excludes halogenated alkanes) is 2. The minimum atomic E-state index is -3.05. The molecule has 0 spiro atoms. The van der Waals surface area contributed by atoms with Crippen LogP contribution in [0.25, 0.3) is 0 Å². The third-order valence-electron chi connectivity index (χ3n) is 9.30. The molecule has 7 heteroatoms. The van der Waals surface area contributed by atoms with E-state index in [-0.39, 0.29) is 17.0 Å². The highest BCUT2D eigenvalue weighted by atomic mass is 35.5. The van der Waals surface area contributed by atoms with E-state index < -0.39 is 15.8 Å². The fourth-order valence-electron chi connectivity index (χ4n) is 6.94. The SMILES string of the molecule is O=C(O)CCC1CCC(C(CCCCCC2CCCNC2)CCS(=O)(=O)C2CCC(Cl)CC2)CC1. The number of nitrogens with one attached hydrogen (secondary N) is 1. The predicted octanol–water partition coefficient (Wildman–Crippen LogP) is 6.58. The van der Waals surface area contributed by atoms with Crippen molar-refractivity contribution in [2.45, 2.75) is 126 Å². The summed E-state index contributed by atoms with van der Waals surface area (Å²) in [5.41, 5.74) is 0. The van der Waals surface area contributed by atoms with Crippen LogP contribution >= 0.6 is 11.6 Å². The maximum atomic E-state index is 13.1. The molecule has 3 rings (SSSR count). The van der Waals surface area contributed by atoms with Gasteiger partial charge in [0.1, 0.15) is 0 Å². The molecule has 0 amide bonds. The highest BCUT2D eigenvalue weighted by Gasteiger charge is 2.33. The summed E-state index contributed by atoms with van der Waals surface area (Å²) < 4.78 is 26.3. The van der Waals surface area contributed by atoms with Gasteiger partial charge in [-0.15, -0.1) is 11.6 Å². The summed E-state index contributed by atoms with van der Waals surface area (Å²) in [5.74, 6) is 2.11. The second kappa shape index (κ2) is 15.2. The summed E-state index contributed by atoms with van der Waals surface area (Å²) in [6.45, 7) is 2.35. The molecular weight excluding hydrogens is 482 g/mol. The van der Waals surface area contributed by atoms with Gasteiger partial charge in [-0.1, -0.05) is 38.5 Å². The van der Waals surface area contributed by atoms with Gasteiger partial charge < -0.3 is 10.4 Å². The molecule has 2 atom stereocenters. The van der Waals surface area contributed by atoms with E-state index in [1.807, 2.05) is 0 Å². The number of sulfone groups is 1. The van der Waals surface area contributed by atoms with Gasteiger partial charge in [0.2, 0.25) is 0 Å². The maximum Gasteiger partial charge on any atom is 0.303 e. The first-order valence-corrected chi connectivity index (χ1v) is 16.8. The lowest BCUT2D eigenvalue weighted by molar-refractivity contribution is -0.137. The van der Waals surface area contributed by atoms with E-state index in [0.29, 0.717) is 23.5 Å². The number of aliphatic carboxylic acids is 1. The number of halogens is 1. The first-order chi connectivity index (χ1) is 16.8. The fraction of sp³-hybridized carbons (Fsp3) is 0.964. The Kier molecular flexibility index (Phi) is 12.7. The van der Waals surface area contributed by atoms with Gasteiger partial charge in [-0.05, 0) is 107 Å². The van der Waals surface area contributed by atoms with E-state index >= 15 is 0 Å². The van der Waals surface area contributed by atoms with Gasteiger partial charge in [-0.3, -0.25) is 4.79 Å². The number of piperidine rings is 1. The lowest BCUT2D eigenvalue weighted by Crippen LogP contribution is -2.31. The smallest absolute Gasteiger partial charge is 0.303 e. The molecule has 2 N–H and O–H groups in total. The minimum Gasteiger partial charge on any atom is -0.481 e. The van der Waals surface area contributed by atoms with Crippen molar-refractivity contribution in [1.29, 1.82) is 0 Å². The van der Waals surface area contributed by atoms with Crippen molar-refractivity contribution in [3.8, 4) is 0 Å². The van der Waals surface area contributed by atoms with Gasteiger partial charge in [0.15, 0.2) is 9.84 Å². The van der Waals surface area contributed by atoms with Crippen LogP contribution in [0.1, 0.15) is 116 Å². The van der Waals surface area contributed by atoms with Crippen LogP contribution in [0.3, 0.4) is 0 Å². The van der Waals surface area contributed by atoms with Crippen molar-refractivity contribution in [2.24, 2.45) is 23.7 Å². The van der Waals surface area contributed by atoms with Crippen LogP contribution in [0, 0.1) is 23.7 Å². The molecule has 1 heterocycles. The molecule has 1 aliphatic heterocycles. The average Bonchev–Trinajstić information content (AvgIpc) is 2.85. The first-order valence-electron chi connectivity index (χ1n) is 14.6. The van der Waals surface area contributed by atoms with E-state index in [0.717, 1.165) is 76.5 Å². The van der Waals surface area contributed by atoms with E-state index in [2.05, 4.69) is 5.32 Å². The molecular formula is C28H50ClNO4S. The van der Waals surface area contributed by atoms with E-state index in [1.165, 1.54) is 51.6 Å². The Bertz CT molecular complexity index is 708. The zero-order chi connectivity index (χ0) is 25.1. The third kappa shape index (κ3) is 10.5. The Balaban J connectivity index is 1.46. The van der Waals surface area contributed by atoms with Gasteiger partial charge in [0.25, 0.3) is 0 Å². The zero-order valence-electron chi connectivity index (χ0n) is 21.8. The Morgan fingerprint density at radius 2 is 1.63 bits per heavy atom. The Hall–Kier alpha value is -0.330. The van der Waals surface area contributed by atoms with Crippen molar-refractivity contribution in [3.05, 3.63) is 0 Å². The summed E-state index contributed by atoms with van der Waals surface area (Å²) in [7, 11) is -3.05. The minimum absolute atomic E-state index is 0.148. The first kappa shape index (κ1) is 29.2. The molecule has 0 aromatic rings. The summed E-state index contributed by atoms with van der Waals surface area (Å²) in [4.78, 5) is 10.9. The van der Waals surface area contributed by atoms with E-state index in [4.69, 9.17) is 16.7 Å². The molecule has 0 radical (unpaired) electrons. The summed E-state index contributed by atoms with van der Waals surface area (Å²) in [5, 5.41) is 12.5. The molecule has 35 heavy (non-hydrogen) atoms. The molecule has 0 bridgehead atoms. The number of carboxylic acids is 1. The number of carboxylic acid groups (broad SMARTS) is 1. The second-order valence-corrected chi connectivity index (χ2v) is 14.9. The molecule has 2 aliphatic carbocycles. The summed E-state index contributed by atoms with van der Waals surface area (Å²) in [6.07, 6.45) is 18.4. The normalized spacial score (nSPS) is 31.2. The van der Waals surface area contributed by atoms with Crippen molar-refractivity contribution in [2.75, 3.05) is 18.8 Å². The van der Waals surface area contributed by atoms with Crippen LogP contribution in [0.2, 0.25) is 0 Å². The topological polar surface area (TPSA) is 83.5 Å². The molecule has 0 aromatic carbocycles. The number of carbonyl (C=O) groups is 1. The number of hydrogen-bond acceptors (Lipinski definition) is 4. The van der Waals surface area contributed by atoms with Crippen LogP contribution < -0.4 is 5.32 Å². The largest absolute Gasteiger partial charge is 0.481 e. The van der Waals surface area contributed by atoms with Gasteiger partial charge in [0, 0.05) is 11.8 Å². The Morgan fingerprint density at radius 1 is 0.886 bits per heavy atom. The van der Waals surface area contributed by atoms with Gasteiger partial charge in [0.05, 0.1) is 11.0 Å². The zero-order valence-corrected chi connectivity index (χ0v) is 23.3. The highest BCUT2D eigenvalue weighted by Crippen LogP contribution is 2.39. The molecule has 5 nitrogen and oxygen atoms in total.